The van der Waals surface area contributed by atoms with E-state index >= 15 is 0 Å². The Morgan fingerprint density at radius 1 is 0.794 bits per heavy atom. The zero-order chi connectivity index (χ0) is 48.8. The molecule has 2 unspecified atom stereocenters. The molecule has 15 nitrogen and oxygen atoms in total. The first kappa shape index (κ1) is 48.3. The van der Waals surface area contributed by atoms with Gasteiger partial charge in [0.2, 0.25) is 5.69 Å². The van der Waals surface area contributed by atoms with Gasteiger partial charge in [-0.2, -0.15) is 29.8 Å². The van der Waals surface area contributed by atoms with E-state index in [-0.39, 0.29) is 22.5 Å². The molecule has 0 aromatic heterocycles. The van der Waals surface area contributed by atoms with Crippen LogP contribution in [0.25, 0.3) is 21.5 Å². The molecule has 1 spiro atoms. The van der Waals surface area contributed by atoms with Crippen molar-refractivity contribution < 1.29 is 58.1 Å². The third kappa shape index (κ3) is 8.68. The summed E-state index contributed by atoms with van der Waals surface area (Å²) in [6.45, 7) is 8.21. The minimum absolute atomic E-state index is 0.0133. The second kappa shape index (κ2) is 17.3. The van der Waals surface area contributed by atoms with E-state index in [1.807, 2.05) is 91.2 Å². The van der Waals surface area contributed by atoms with Gasteiger partial charge in [-0.15, -0.1) is 4.33 Å². The molecule has 0 radical (unpaired) electrons. The van der Waals surface area contributed by atoms with Gasteiger partial charge in [0.1, 0.15) is 17.1 Å². The predicted molar refractivity (Wildman–Crippen MR) is 266 cm³/mol. The molecule has 5 aromatic rings. The molecule has 20 heteroatoms. The third-order valence-corrected chi connectivity index (χ3v) is 18.1. The number of hydrogen-bond acceptors (Lipinski definition) is 12. The lowest BCUT2D eigenvalue weighted by Crippen LogP contribution is -2.33. The van der Waals surface area contributed by atoms with E-state index in [4.69, 9.17) is 11.0 Å². The Morgan fingerprint density at radius 3 is 2.15 bits per heavy atom. The maximum absolute atomic E-state index is 13.0. The van der Waals surface area contributed by atoms with Crippen LogP contribution in [-0.2, 0) is 50.6 Å². The van der Waals surface area contributed by atoms with E-state index in [1.165, 1.54) is 12.1 Å². The molecule has 0 saturated carbocycles. The van der Waals surface area contributed by atoms with Crippen molar-refractivity contribution in [3.8, 4) is 0 Å². The predicted octanol–water partition coefficient (Wildman–Crippen LogP) is 9.64. The van der Waals surface area contributed by atoms with Crippen molar-refractivity contribution in [3.63, 3.8) is 0 Å². The van der Waals surface area contributed by atoms with Gasteiger partial charge in [0, 0.05) is 49.7 Å². The Kier molecular flexibility index (Phi) is 12.3. The van der Waals surface area contributed by atoms with Crippen molar-refractivity contribution in [1.29, 1.82) is 0 Å². The van der Waals surface area contributed by atoms with E-state index < -0.39 is 52.3 Å². The van der Waals surface area contributed by atoms with Gasteiger partial charge in [0.05, 0.1) is 27.8 Å². The standard InChI is InChI=1S/C48H47N3O12S5/c1-47(2)41(50(24-25-66(53,54)55)39-20-8-31-26-35(65-63-62-52)16-18-37(31)44(39)47)22-10-29-6-5-7-30(46(29)64-34-14-12-33(49)13-15-34)11-23-42-48(3,4)45-38-19-17-36(67(56,57)58)27-32(38)9-21-40(45)51(42)28-43(51)68(59,60)61/h8-23,26-27,43H,5-7,24-25,28,49H2,1-4H3,(H2-2,52,53,54,55,56,57,58,59,60,61)/p+2/b22-10+,30-11+,42-23+. The largest absolute Gasteiger partial charge is 0.399 e. The van der Waals surface area contributed by atoms with Crippen LogP contribution in [0.15, 0.2) is 146 Å². The fourth-order valence-electron chi connectivity index (χ4n) is 10.6. The van der Waals surface area contributed by atoms with Crippen LogP contribution < -0.4 is 10.2 Å². The number of benzene rings is 5. The van der Waals surface area contributed by atoms with Gasteiger partial charge in [0.15, 0.2) is 18.8 Å². The molecule has 1 saturated heterocycles. The minimum Gasteiger partial charge on any atom is -0.399 e. The highest BCUT2D eigenvalue weighted by Gasteiger charge is 2.73. The number of nitrogens with two attached hydrogens (primary N) is 1. The summed E-state index contributed by atoms with van der Waals surface area (Å²) in [5.74, 6) is -0.505. The van der Waals surface area contributed by atoms with E-state index in [2.05, 4.69) is 29.3 Å². The molecule has 68 heavy (non-hydrogen) atoms. The first-order chi connectivity index (χ1) is 31.9. The molecule has 1 aliphatic carbocycles. The molecule has 2 atom stereocenters. The average molecular weight is 1020 g/mol. The lowest BCUT2D eigenvalue weighted by atomic mass is 9.78. The molecule has 3 aliphatic heterocycles. The van der Waals surface area contributed by atoms with Gasteiger partial charge in [-0.3, -0.25) is 13.7 Å². The number of thioether (sulfide) groups is 1. The highest BCUT2D eigenvalue weighted by molar-refractivity contribution is 8.03. The maximum atomic E-state index is 13.0. The summed E-state index contributed by atoms with van der Waals surface area (Å²) < 4.78 is 111. The summed E-state index contributed by atoms with van der Waals surface area (Å²) >= 11 is 2.42. The normalized spacial score (nSPS) is 22.4. The summed E-state index contributed by atoms with van der Waals surface area (Å²) in [5.41, 5.74) is 12.0. The molecule has 3 heterocycles. The number of anilines is 1. The van der Waals surface area contributed by atoms with Crippen molar-refractivity contribution in [3.05, 3.63) is 142 Å². The van der Waals surface area contributed by atoms with Crippen molar-refractivity contribution in [2.45, 2.75) is 77.8 Å². The molecule has 0 bridgehead atoms. The minimum atomic E-state index is -4.52. The Hall–Kier alpha value is -4.68. The Morgan fingerprint density at radius 2 is 1.47 bits per heavy atom. The molecule has 1 fully saturated rings. The van der Waals surface area contributed by atoms with Gasteiger partial charge in [-0.05, 0) is 146 Å². The molecule has 356 valence electrons. The van der Waals surface area contributed by atoms with Crippen LogP contribution in [0.1, 0.15) is 58.1 Å². The molecular weight excluding hydrogens is 971 g/mol. The van der Waals surface area contributed by atoms with Crippen molar-refractivity contribution >= 4 is 98.5 Å². The number of quaternary nitrogens is 1. The van der Waals surface area contributed by atoms with Gasteiger partial charge >= 0.3 is 10.1 Å². The third-order valence-electron chi connectivity index (χ3n) is 13.5. The Balaban J connectivity index is 1.18. The van der Waals surface area contributed by atoms with Gasteiger partial charge < -0.3 is 5.73 Å². The maximum Gasteiger partial charge on any atom is 0.326 e. The van der Waals surface area contributed by atoms with Crippen LogP contribution in [-0.4, -0.2) is 78.7 Å². The highest BCUT2D eigenvalue weighted by Crippen LogP contribution is 2.62. The number of fused-ring (bicyclic) bond motifs is 7. The van der Waals surface area contributed by atoms with Crippen LogP contribution in [0.4, 0.5) is 17.1 Å². The number of nitrogens with zero attached hydrogens (tertiary/aromatic N) is 2. The average Bonchev–Trinajstić information content (AvgIpc) is 3.94. The molecule has 9 rings (SSSR count). The van der Waals surface area contributed by atoms with Gasteiger partial charge in [0.25, 0.3) is 25.6 Å². The monoisotopic (exact) mass is 1020 g/mol. The van der Waals surface area contributed by atoms with Crippen LogP contribution in [0.3, 0.4) is 0 Å². The Labute approximate surface area is 403 Å². The van der Waals surface area contributed by atoms with E-state index in [1.54, 1.807) is 30.0 Å². The van der Waals surface area contributed by atoms with Crippen molar-refractivity contribution in [2.24, 2.45) is 0 Å². The van der Waals surface area contributed by atoms with Crippen molar-refractivity contribution in [1.82, 2.24) is 4.48 Å². The first-order valence-electron chi connectivity index (χ1n) is 21.5. The molecule has 4 aliphatic rings. The van der Waals surface area contributed by atoms with Crippen LogP contribution >= 0.6 is 23.8 Å². The summed E-state index contributed by atoms with van der Waals surface area (Å²) in [7, 11) is -13.3. The fraction of sp³-hybridized carbons (Fsp3) is 0.271. The van der Waals surface area contributed by atoms with Crippen LogP contribution in [0.5, 0.6) is 0 Å². The van der Waals surface area contributed by atoms with E-state index in [9.17, 15) is 38.9 Å². The number of nitrogen functional groups attached to an aromatic ring is 1. The Bertz CT molecular complexity index is 3470. The SMILES string of the molecule is CC1(C)C(/C=C/C2=C(Sc3ccc(N)cc3)C(=C/C=C3\C(C)(C)c4c(ccc5cc(S(=O)(=O)O)ccc45)[N+]34CC4S(=O)(=O)O)/CCC2)=[N+](CCS(=O)(=O)O)c2ccc3cc(SOOO)ccc3c21. The smallest absolute Gasteiger partial charge is 0.326 e. The summed E-state index contributed by atoms with van der Waals surface area (Å²) in [4.78, 5) is 2.32. The van der Waals surface area contributed by atoms with E-state index in [0.29, 0.717) is 39.9 Å². The van der Waals surface area contributed by atoms with Crippen molar-refractivity contribution in [2.75, 3.05) is 24.6 Å². The molecular formula is C48H49N3O12S5+2. The van der Waals surface area contributed by atoms with Crippen LogP contribution in [0.2, 0.25) is 0 Å². The first-order valence-corrected chi connectivity index (χ1v) is 27.6. The zero-order valence-electron chi connectivity index (χ0n) is 37.3. The zero-order valence-corrected chi connectivity index (χ0v) is 41.4. The molecule has 0 amide bonds. The van der Waals surface area contributed by atoms with Crippen LogP contribution in [0, 0.1) is 0 Å². The lowest BCUT2D eigenvalue weighted by molar-refractivity contribution is -0.432. The molecule has 5 aromatic carbocycles. The van der Waals surface area contributed by atoms with Gasteiger partial charge in [-0.1, -0.05) is 41.1 Å². The highest BCUT2D eigenvalue weighted by atomic mass is 32.2. The number of hydrogen-bond donors (Lipinski definition) is 5. The quantitative estimate of drug-likeness (QED) is 0.0108. The van der Waals surface area contributed by atoms with E-state index in [0.717, 1.165) is 78.4 Å². The van der Waals surface area contributed by atoms with Gasteiger partial charge in [-0.25, -0.2) is 9.74 Å². The lowest BCUT2D eigenvalue weighted by Gasteiger charge is -2.24. The number of rotatable bonds is 13. The summed E-state index contributed by atoms with van der Waals surface area (Å²) in [6.07, 6.45) is 10.3. The summed E-state index contributed by atoms with van der Waals surface area (Å²) in [6, 6.07) is 24.9. The number of allylic oxidation sites excluding steroid dienone is 7. The second-order valence-electron chi connectivity index (χ2n) is 18.4. The second-order valence-corrected chi connectivity index (χ2v) is 24.9. The summed E-state index contributed by atoms with van der Waals surface area (Å²) in [5, 5.41) is 14.4. The molecule has 6 N–H and O–H groups in total. The topological polar surface area (TPSA) is 231 Å². The fourth-order valence-corrected chi connectivity index (χ4v) is 14.1.